The van der Waals surface area contributed by atoms with Crippen molar-refractivity contribution in [1.82, 2.24) is 4.98 Å². The normalized spacial score (nSPS) is 12.2. The molecule has 12 heavy (non-hydrogen) atoms. The molecule has 1 N–H and O–H groups in total. The highest BCUT2D eigenvalue weighted by molar-refractivity contribution is 5.83. The molecule has 0 saturated carbocycles. The van der Waals surface area contributed by atoms with Crippen molar-refractivity contribution in [3.05, 3.63) is 24.4 Å². The van der Waals surface area contributed by atoms with E-state index in [9.17, 15) is 4.79 Å². The van der Waals surface area contributed by atoms with Crippen molar-refractivity contribution in [2.24, 2.45) is 0 Å². The summed E-state index contributed by atoms with van der Waals surface area (Å²) in [7, 11) is 0. The molecule has 3 heteroatoms. The highest BCUT2D eigenvalue weighted by atomic mass is 16.1. The van der Waals surface area contributed by atoms with Crippen LogP contribution in [0.2, 0.25) is 0 Å². The molecule has 0 amide bonds. The smallest absolute Gasteiger partial charge is 0.151 e. The van der Waals surface area contributed by atoms with Crippen LogP contribution in [-0.2, 0) is 4.79 Å². The first kappa shape index (κ1) is 8.71. The van der Waals surface area contributed by atoms with Gasteiger partial charge in [0.15, 0.2) is 5.78 Å². The number of anilines is 1. The summed E-state index contributed by atoms with van der Waals surface area (Å²) in [6.07, 6.45) is 1.69. The van der Waals surface area contributed by atoms with Crippen LogP contribution in [0.3, 0.4) is 0 Å². The topological polar surface area (TPSA) is 42.0 Å². The van der Waals surface area contributed by atoms with Crippen molar-refractivity contribution < 1.29 is 4.79 Å². The average molecular weight is 164 g/mol. The van der Waals surface area contributed by atoms with Crippen molar-refractivity contribution in [1.29, 1.82) is 0 Å². The second-order valence-electron chi connectivity index (χ2n) is 2.69. The van der Waals surface area contributed by atoms with E-state index in [-0.39, 0.29) is 11.8 Å². The van der Waals surface area contributed by atoms with Crippen molar-refractivity contribution in [2.75, 3.05) is 5.32 Å². The maximum atomic E-state index is 10.9. The van der Waals surface area contributed by atoms with E-state index < -0.39 is 0 Å². The molecule has 1 atom stereocenters. The number of Topliss-reactive ketones (excluding diaryl/α,β-unsaturated/α-hetero) is 1. The Balaban J connectivity index is 2.58. The Morgan fingerprint density at radius 2 is 2.33 bits per heavy atom. The van der Waals surface area contributed by atoms with E-state index >= 15 is 0 Å². The third kappa shape index (κ3) is 2.34. The fourth-order valence-corrected chi connectivity index (χ4v) is 0.772. The van der Waals surface area contributed by atoms with E-state index in [1.54, 1.807) is 13.1 Å². The minimum Gasteiger partial charge on any atom is -0.361 e. The van der Waals surface area contributed by atoms with Crippen LogP contribution < -0.4 is 5.32 Å². The summed E-state index contributed by atoms with van der Waals surface area (Å²) in [5.41, 5.74) is 0. The molecule has 0 bridgehead atoms. The Bertz CT molecular complexity index is 258. The van der Waals surface area contributed by atoms with E-state index in [4.69, 9.17) is 0 Å². The maximum absolute atomic E-state index is 10.9. The van der Waals surface area contributed by atoms with Gasteiger partial charge in [0.1, 0.15) is 5.82 Å². The Morgan fingerprint density at radius 3 is 2.83 bits per heavy atom. The van der Waals surface area contributed by atoms with Gasteiger partial charge in [0.2, 0.25) is 0 Å². The Hall–Kier alpha value is -1.38. The molecule has 0 aliphatic carbocycles. The fraction of sp³-hybridized carbons (Fsp3) is 0.333. The molecular weight excluding hydrogens is 152 g/mol. The van der Waals surface area contributed by atoms with Crippen LogP contribution in [-0.4, -0.2) is 16.8 Å². The zero-order valence-electron chi connectivity index (χ0n) is 7.24. The van der Waals surface area contributed by atoms with Gasteiger partial charge >= 0.3 is 0 Å². The van der Waals surface area contributed by atoms with Gasteiger partial charge in [0.05, 0.1) is 6.04 Å². The van der Waals surface area contributed by atoms with Gasteiger partial charge in [-0.2, -0.15) is 0 Å². The molecule has 0 saturated heterocycles. The molecule has 64 valence electrons. The average Bonchev–Trinajstić information content (AvgIpc) is 2.06. The van der Waals surface area contributed by atoms with E-state index in [2.05, 4.69) is 10.3 Å². The van der Waals surface area contributed by atoms with Crippen LogP contribution in [0.25, 0.3) is 0 Å². The predicted octanol–water partition coefficient (Wildman–Crippen LogP) is 1.47. The molecule has 1 aromatic heterocycles. The number of carbonyl (C=O) groups is 1. The van der Waals surface area contributed by atoms with Gasteiger partial charge in [-0.05, 0) is 26.0 Å². The van der Waals surface area contributed by atoms with E-state index in [1.165, 1.54) is 0 Å². The van der Waals surface area contributed by atoms with Gasteiger partial charge in [0, 0.05) is 6.20 Å². The molecule has 1 aromatic rings. The highest BCUT2D eigenvalue weighted by Gasteiger charge is 2.05. The van der Waals surface area contributed by atoms with Gasteiger partial charge in [-0.3, -0.25) is 4.79 Å². The molecule has 0 fully saturated rings. The van der Waals surface area contributed by atoms with Crippen LogP contribution in [0.4, 0.5) is 5.82 Å². The summed E-state index contributed by atoms with van der Waals surface area (Å²) in [6.45, 7) is 3.37. The van der Waals surface area contributed by atoms with Gasteiger partial charge in [-0.15, -0.1) is 0 Å². The van der Waals surface area contributed by atoms with Gasteiger partial charge < -0.3 is 5.32 Å². The first-order valence-electron chi connectivity index (χ1n) is 3.88. The zero-order chi connectivity index (χ0) is 8.97. The largest absolute Gasteiger partial charge is 0.361 e. The lowest BCUT2D eigenvalue weighted by atomic mass is 10.2. The van der Waals surface area contributed by atoms with Crippen LogP contribution in [0.15, 0.2) is 24.4 Å². The first-order chi connectivity index (χ1) is 5.70. The SMILES string of the molecule is CC(=O)C(C)Nc1ccccn1. The van der Waals surface area contributed by atoms with Gasteiger partial charge in [-0.1, -0.05) is 6.07 Å². The van der Waals surface area contributed by atoms with Crippen LogP contribution in [0.1, 0.15) is 13.8 Å². The number of nitrogens with zero attached hydrogens (tertiary/aromatic N) is 1. The Labute approximate surface area is 71.8 Å². The number of carbonyl (C=O) groups excluding carboxylic acids is 1. The number of rotatable bonds is 3. The zero-order valence-corrected chi connectivity index (χ0v) is 7.24. The molecule has 1 unspecified atom stereocenters. The fourth-order valence-electron chi connectivity index (χ4n) is 0.772. The maximum Gasteiger partial charge on any atom is 0.151 e. The standard InChI is InChI=1S/C9H12N2O/c1-7(8(2)12)11-9-5-3-4-6-10-9/h3-7H,1-2H3,(H,10,11). The lowest BCUT2D eigenvalue weighted by Crippen LogP contribution is -2.23. The minimum atomic E-state index is -0.167. The monoisotopic (exact) mass is 164 g/mol. The summed E-state index contributed by atoms with van der Waals surface area (Å²) >= 11 is 0. The molecule has 0 radical (unpaired) electrons. The third-order valence-electron chi connectivity index (χ3n) is 1.64. The molecule has 0 spiro atoms. The van der Waals surface area contributed by atoms with Gasteiger partial charge in [0.25, 0.3) is 0 Å². The quantitative estimate of drug-likeness (QED) is 0.735. The van der Waals surface area contributed by atoms with Crippen LogP contribution in [0.5, 0.6) is 0 Å². The number of pyridine rings is 1. The summed E-state index contributed by atoms with van der Waals surface area (Å²) in [5.74, 6) is 0.848. The van der Waals surface area contributed by atoms with E-state index in [1.807, 2.05) is 25.1 Å². The molecule has 0 aromatic carbocycles. The van der Waals surface area contributed by atoms with Crippen molar-refractivity contribution >= 4 is 11.6 Å². The summed E-state index contributed by atoms with van der Waals surface area (Å²) in [6, 6.07) is 5.38. The number of hydrogen-bond donors (Lipinski definition) is 1. The number of nitrogens with one attached hydrogen (secondary N) is 1. The first-order valence-corrected chi connectivity index (χ1v) is 3.88. The molecule has 1 heterocycles. The Morgan fingerprint density at radius 1 is 1.58 bits per heavy atom. The van der Waals surface area contributed by atoms with Crippen LogP contribution >= 0.6 is 0 Å². The number of ketones is 1. The lowest BCUT2D eigenvalue weighted by Gasteiger charge is -2.09. The third-order valence-corrected chi connectivity index (χ3v) is 1.64. The van der Waals surface area contributed by atoms with Crippen molar-refractivity contribution in [3.8, 4) is 0 Å². The summed E-state index contributed by atoms with van der Waals surface area (Å²) < 4.78 is 0. The van der Waals surface area contributed by atoms with Crippen LogP contribution in [0, 0.1) is 0 Å². The molecule has 3 nitrogen and oxygen atoms in total. The second kappa shape index (κ2) is 3.85. The van der Waals surface area contributed by atoms with Crippen molar-refractivity contribution in [3.63, 3.8) is 0 Å². The second-order valence-corrected chi connectivity index (χ2v) is 2.69. The number of hydrogen-bond acceptors (Lipinski definition) is 3. The molecular formula is C9H12N2O. The Kier molecular flexibility index (Phi) is 2.80. The number of aromatic nitrogens is 1. The summed E-state index contributed by atoms with van der Waals surface area (Å²) in [4.78, 5) is 14.9. The highest BCUT2D eigenvalue weighted by Crippen LogP contribution is 2.02. The lowest BCUT2D eigenvalue weighted by molar-refractivity contribution is -0.117. The van der Waals surface area contributed by atoms with E-state index in [0.717, 1.165) is 5.82 Å². The van der Waals surface area contributed by atoms with Gasteiger partial charge in [-0.25, -0.2) is 4.98 Å². The van der Waals surface area contributed by atoms with E-state index in [0.29, 0.717) is 0 Å². The molecule has 0 aliphatic rings. The summed E-state index contributed by atoms with van der Waals surface area (Å²) in [5, 5.41) is 2.98. The van der Waals surface area contributed by atoms with Crippen molar-refractivity contribution in [2.45, 2.75) is 19.9 Å². The molecule has 0 aliphatic heterocycles. The minimum absolute atomic E-state index is 0.112. The molecule has 1 rings (SSSR count). The predicted molar refractivity (Wildman–Crippen MR) is 48.0 cm³/mol.